The monoisotopic (exact) mass is 385 g/mol. The van der Waals surface area contributed by atoms with Gasteiger partial charge in [0.05, 0.1) is 11.2 Å². The van der Waals surface area contributed by atoms with Gasteiger partial charge in [0.1, 0.15) is 5.82 Å². The topological polar surface area (TPSA) is 99.4 Å². The van der Waals surface area contributed by atoms with Crippen LogP contribution in [0.1, 0.15) is 45.4 Å². The molecule has 8 heteroatoms. The molecule has 2 heterocycles. The molecule has 2 saturated carbocycles. The Balaban J connectivity index is 1.40. The fraction of sp³-hybridized carbons (Fsp3) is 0.650. The van der Waals surface area contributed by atoms with E-state index in [9.17, 15) is 4.79 Å². The number of anilines is 2. The zero-order valence-electron chi connectivity index (χ0n) is 16.8. The Bertz CT molecular complexity index is 753. The highest BCUT2D eigenvalue weighted by atomic mass is 16.2. The van der Waals surface area contributed by atoms with Gasteiger partial charge in [0.15, 0.2) is 0 Å². The summed E-state index contributed by atoms with van der Waals surface area (Å²) in [5, 5.41) is 6.92. The lowest BCUT2D eigenvalue weighted by molar-refractivity contribution is 0.229. The molecule has 152 valence electrons. The van der Waals surface area contributed by atoms with Crippen molar-refractivity contribution < 1.29 is 4.79 Å². The number of hydrogen-bond acceptors (Lipinski definition) is 6. The maximum absolute atomic E-state index is 12.2. The maximum atomic E-state index is 12.2. The molecule has 1 saturated heterocycles. The number of nitrogens with two attached hydrogens (primary N) is 1. The molecule has 0 bridgehead atoms. The molecule has 28 heavy (non-hydrogen) atoms. The fourth-order valence-electron chi connectivity index (χ4n) is 4.02. The van der Waals surface area contributed by atoms with Crippen molar-refractivity contribution in [3.8, 4) is 0 Å². The second-order valence-corrected chi connectivity index (χ2v) is 8.52. The number of nitrogens with zero attached hydrogens (tertiary/aromatic N) is 4. The Labute approximate surface area is 166 Å². The zero-order valence-corrected chi connectivity index (χ0v) is 16.8. The number of aromatic nitrogens is 2. The number of carbonyl (C=O) groups excluding carboxylic acids is 1. The highest BCUT2D eigenvalue weighted by Gasteiger charge is 2.46. The molecule has 2 aliphatic carbocycles. The summed E-state index contributed by atoms with van der Waals surface area (Å²) >= 11 is 0. The molecular formula is C20H31N7O. The van der Waals surface area contributed by atoms with Crippen molar-refractivity contribution in [2.24, 2.45) is 11.7 Å². The molecule has 1 aromatic heterocycles. The summed E-state index contributed by atoms with van der Waals surface area (Å²) in [4.78, 5) is 24.5. The van der Waals surface area contributed by atoms with Crippen LogP contribution in [-0.2, 0) is 0 Å². The first kappa shape index (κ1) is 18.8. The summed E-state index contributed by atoms with van der Waals surface area (Å²) in [5.74, 6) is 1.97. The van der Waals surface area contributed by atoms with E-state index in [-0.39, 0.29) is 11.6 Å². The van der Waals surface area contributed by atoms with E-state index in [1.165, 1.54) is 25.7 Å². The van der Waals surface area contributed by atoms with E-state index >= 15 is 0 Å². The lowest BCUT2D eigenvalue weighted by Gasteiger charge is -2.27. The average molecular weight is 386 g/mol. The molecule has 3 aliphatic rings. The standard InChI is InChI=1S/C20H31N7O/c1-14-3-5-15(6-4-14)23-13-16(21)20(8-9-20)25-18-22-10-7-17(24-18)27-12-11-26(2)19(27)28/h7,10,13-15,23H,3-6,8-9,11-12,21H2,1-2H3,(H,22,24,25)/b16-13-. The normalized spacial score (nSPS) is 27.1. The summed E-state index contributed by atoms with van der Waals surface area (Å²) in [7, 11) is 1.80. The molecule has 3 fully saturated rings. The Morgan fingerprint density at radius 3 is 2.68 bits per heavy atom. The van der Waals surface area contributed by atoms with Crippen LogP contribution in [0.5, 0.6) is 0 Å². The molecule has 0 atom stereocenters. The van der Waals surface area contributed by atoms with E-state index in [1.54, 1.807) is 29.1 Å². The van der Waals surface area contributed by atoms with E-state index in [4.69, 9.17) is 5.73 Å². The van der Waals surface area contributed by atoms with Gasteiger partial charge in [-0.3, -0.25) is 4.90 Å². The van der Waals surface area contributed by atoms with Crippen LogP contribution < -0.4 is 21.3 Å². The molecule has 0 unspecified atom stereocenters. The Morgan fingerprint density at radius 2 is 2.04 bits per heavy atom. The molecule has 4 rings (SSSR count). The fourth-order valence-corrected chi connectivity index (χ4v) is 4.02. The van der Waals surface area contributed by atoms with Crippen LogP contribution in [0.25, 0.3) is 0 Å². The SMILES string of the molecule is CC1CCC(N/C=C(\N)C2(Nc3nccc(N4CCN(C)C4=O)n3)CC2)CC1. The number of amides is 2. The first-order valence-corrected chi connectivity index (χ1v) is 10.3. The van der Waals surface area contributed by atoms with Gasteiger partial charge in [-0.2, -0.15) is 4.98 Å². The smallest absolute Gasteiger partial charge is 0.325 e. The van der Waals surface area contributed by atoms with Gasteiger partial charge < -0.3 is 21.3 Å². The van der Waals surface area contributed by atoms with Gasteiger partial charge in [0.2, 0.25) is 5.95 Å². The van der Waals surface area contributed by atoms with Crippen LogP contribution in [0.15, 0.2) is 24.2 Å². The lowest BCUT2D eigenvalue weighted by Crippen LogP contribution is -2.35. The van der Waals surface area contributed by atoms with Crippen molar-refractivity contribution in [2.45, 2.75) is 57.0 Å². The molecule has 1 aliphatic heterocycles. The molecule has 8 nitrogen and oxygen atoms in total. The van der Waals surface area contributed by atoms with Crippen LogP contribution in [0.2, 0.25) is 0 Å². The number of carbonyl (C=O) groups is 1. The van der Waals surface area contributed by atoms with E-state index in [0.717, 1.165) is 24.5 Å². The quantitative estimate of drug-likeness (QED) is 0.695. The van der Waals surface area contributed by atoms with Crippen molar-refractivity contribution in [1.29, 1.82) is 0 Å². The Hall–Kier alpha value is -2.51. The van der Waals surface area contributed by atoms with Gasteiger partial charge in [0.25, 0.3) is 0 Å². The van der Waals surface area contributed by atoms with Crippen molar-refractivity contribution in [3.63, 3.8) is 0 Å². The summed E-state index contributed by atoms with van der Waals surface area (Å²) in [6.07, 6.45) is 10.5. The Kier molecular flexibility index (Phi) is 5.03. The molecule has 2 amide bonds. The summed E-state index contributed by atoms with van der Waals surface area (Å²) in [6, 6.07) is 2.26. The van der Waals surface area contributed by atoms with Crippen molar-refractivity contribution in [1.82, 2.24) is 20.2 Å². The second kappa shape index (κ2) is 7.48. The van der Waals surface area contributed by atoms with Crippen LogP contribution in [0.3, 0.4) is 0 Å². The van der Waals surface area contributed by atoms with Crippen molar-refractivity contribution in [3.05, 3.63) is 24.2 Å². The number of rotatable bonds is 6. The third-order valence-electron chi connectivity index (χ3n) is 6.28. The zero-order chi connectivity index (χ0) is 19.7. The highest BCUT2D eigenvalue weighted by Crippen LogP contribution is 2.42. The van der Waals surface area contributed by atoms with Crippen LogP contribution in [0.4, 0.5) is 16.6 Å². The summed E-state index contributed by atoms with van der Waals surface area (Å²) < 4.78 is 0. The number of likely N-dealkylation sites (N-methyl/N-ethyl adjacent to an activating group) is 1. The predicted octanol–water partition coefficient (Wildman–Crippen LogP) is 2.26. The average Bonchev–Trinajstić information content (AvgIpc) is 3.40. The van der Waals surface area contributed by atoms with Crippen molar-refractivity contribution in [2.75, 3.05) is 30.4 Å². The first-order chi connectivity index (χ1) is 13.5. The third kappa shape index (κ3) is 3.86. The molecule has 1 aromatic rings. The second-order valence-electron chi connectivity index (χ2n) is 8.52. The number of nitrogens with one attached hydrogen (secondary N) is 2. The van der Waals surface area contributed by atoms with E-state index in [0.29, 0.717) is 30.9 Å². The van der Waals surface area contributed by atoms with Gasteiger partial charge in [-0.15, -0.1) is 0 Å². The predicted molar refractivity (Wildman–Crippen MR) is 110 cm³/mol. The molecule has 0 aromatic carbocycles. The molecule has 0 spiro atoms. The maximum Gasteiger partial charge on any atom is 0.325 e. The minimum absolute atomic E-state index is 0.0313. The van der Waals surface area contributed by atoms with Gasteiger partial charge in [0, 0.05) is 38.6 Å². The van der Waals surface area contributed by atoms with Gasteiger partial charge in [-0.05, 0) is 50.5 Å². The van der Waals surface area contributed by atoms with Gasteiger partial charge >= 0.3 is 6.03 Å². The van der Waals surface area contributed by atoms with E-state index < -0.39 is 0 Å². The van der Waals surface area contributed by atoms with Gasteiger partial charge in [-0.25, -0.2) is 9.78 Å². The third-order valence-corrected chi connectivity index (χ3v) is 6.28. The van der Waals surface area contributed by atoms with Crippen LogP contribution in [-0.4, -0.2) is 52.6 Å². The Morgan fingerprint density at radius 1 is 1.29 bits per heavy atom. The largest absolute Gasteiger partial charge is 0.399 e. The van der Waals surface area contributed by atoms with Crippen LogP contribution in [0, 0.1) is 5.92 Å². The highest BCUT2D eigenvalue weighted by molar-refractivity contribution is 5.93. The van der Waals surface area contributed by atoms with E-state index in [2.05, 4.69) is 27.5 Å². The lowest BCUT2D eigenvalue weighted by atomic mass is 9.87. The summed E-state index contributed by atoms with van der Waals surface area (Å²) in [5.41, 5.74) is 6.94. The van der Waals surface area contributed by atoms with E-state index in [1.807, 2.05) is 6.20 Å². The van der Waals surface area contributed by atoms with Crippen LogP contribution >= 0.6 is 0 Å². The molecular weight excluding hydrogens is 354 g/mol. The summed E-state index contributed by atoms with van der Waals surface area (Å²) in [6.45, 7) is 3.67. The first-order valence-electron chi connectivity index (χ1n) is 10.3. The molecule has 4 N–H and O–H groups in total. The number of urea groups is 1. The number of hydrogen-bond donors (Lipinski definition) is 3. The molecule has 0 radical (unpaired) electrons. The minimum Gasteiger partial charge on any atom is -0.399 e. The minimum atomic E-state index is -0.278. The van der Waals surface area contributed by atoms with Crippen molar-refractivity contribution >= 4 is 17.8 Å². The van der Waals surface area contributed by atoms with Gasteiger partial charge in [-0.1, -0.05) is 6.92 Å².